The molecule has 0 aromatic heterocycles. The van der Waals surface area contributed by atoms with E-state index in [0.29, 0.717) is 32.3 Å². The second kappa shape index (κ2) is 7.43. The van der Waals surface area contributed by atoms with Gasteiger partial charge >= 0.3 is 32.7 Å². The van der Waals surface area contributed by atoms with E-state index in [1.165, 1.54) is 0 Å². The fourth-order valence-corrected chi connectivity index (χ4v) is 1.15. The number of hydrogen-bond acceptors (Lipinski definition) is 1. The molecule has 0 aliphatic carbocycles. The van der Waals surface area contributed by atoms with Crippen molar-refractivity contribution in [1.29, 1.82) is 0 Å². The van der Waals surface area contributed by atoms with Gasteiger partial charge in [-0.15, -0.1) is 13.1 Å². The van der Waals surface area contributed by atoms with Gasteiger partial charge in [-0.1, -0.05) is 0 Å². The van der Waals surface area contributed by atoms with E-state index >= 15 is 0 Å². The number of rotatable bonds is 2. The van der Waals surface area contributed by atoms with Gasteiger partial charge in [0.15, 0.2) is 0 Å². The predicted octanol–water partition coefficient (Wildman–Crippen LogP) is 1.37. The zero-order valence-corrected chi connectivity index (χ0v) is 10.6. The maximum Gasteiger partial charge on any atom is 3.00 e. The van der Waals surface area contributed by atoms with Gasteiger partial charge in [-0.2, -0.15) is 8.78 Å². The van der Waals surface area contributed by atoms with E-state index in [9.17, 15) is 13.6 Å². The normalized spacial score (nSPS) is 15.7. The fraction of sp³-hybridized carbons (Fsp3) is 0.625. The zero-order valence-electron chi connectivity index (χ0n) is 7.75. The summed E-state index contributed by atoms with van der Waals surface area (Å²) in [4.78, 5) is 12.8. The first-order valence-electron chi connectivity index (χ1n) is 4.12. The van der Waals surface area contributed by atoms with Crippen LogP contribution in [-0.2, 0) is 37.5 Å². The molecule has 1 rings (SSSR count). The Morgan fingerprint density at radius 1 is 1.36 bits per heavy atom. The molecule has 0 bridgehead atoms. The van der Waals surface area contributed by atoms with Crippen molar-refractivity contribution >= 4 is 5.91 Å². The van der Waals surface area contributed by atoms with E-state index in [2.05, 4.69) is 5.32 Å². The summed E-state index contributed by atoms with van der Waals surface area (Å²) in [5.74, 6) is -0.247. The standard InChI is InChI=1S/C8H11F2N2O.Y/c9-7(10)1-2-8(13)12-5-3-11-4-6-12;/h1H,2-6H2;/q-1;+3. The van der Waals surface area contributed by atoms with Crippen LogP contribution in [0.1, 0.15) is 6.42 Å². The third-order valence-corrected chi connectivity index (χ3v) is 1.84. The Kier molecular flexibility index (Phi) is 7.50. The van der Waals surface area contributed by atoms with E-state index in [1.54, 1.807) is 4.90 Å². The molecule has 74 valence electrons. The summed E-state index contributed by atoms with van der Waals surface area (Å²) in [5, 5.41) is 4.05. The molecule has 14 heavy (non-hydrogen) atoms. The van der Waals surface area contributed by atoms with E-state index < -0.39 is 6.08 Å². The van der Waals surface area contributed by atoms with Crippen LogP contribution >= 0.6 is 0 Å². The van der Waals surface area contributed by atoms with Crippen LogP contribution in [0.25, 0.3) is 5.32 Å². The van der Waals surface area contributed by atoms with Crippen molar-refractivity contribution in [2.45, 2.75) is 6.42 Å². The van der Waals surface area contributed by atoms with Crippen molar-refractivity contribution in [2.24, 2.45) is 0 Å². The molecule has 1 heterocycles. The van der Waals surface area contributed by atoms with Crippen LogP contribution in [0.2, 0.25) is 0 Å². The van der Waals surface area contributed by atoms with E-state index in [-0.39, 0.29) is 45.0 Å². The van der Waals surface area contributed by atoms with Crippen LogP contribution in [0.15, 0.2) is 12.2 Å². The van der Waals surface area contributed by atoms with E-state index in [1.807, 2.05) is 0 Å². The molecule has 0 spiro atoms. The number of amides is 1. The number of halogens is 2. The molecule has 3 nitrogen and oxygen atoms in total. The molecule has 0 radical (unpaired) electrons. The summed E-state index contributed by atoms with van der Waals surface area (Å²) in [6.07, 6.45) is -1.36. The molecule has 1 amide bonds. The number of carbonyl (C=O) groups is 1. The van der Waals surface area contributed by atoms with Gasteiger partial charge in [-0.05, 0) is 6.08 Å². The summed E-state index contributed by atoms with van der Waals surface area (Å²) in [5.41, 5.74) is 0. The van der Waals surface area contributed by atoms with Crippen molar-refractivity contribution in [3.05, 3.63) is 17.5 Å². The van der Waals surface area contributed by atoms with Crippen molar-refractivity contribution in [3.8, 4) is 0 Å². The maximum atomic E-state index is 11.6. The third-order valence-electron chi connectivity index (χ3n) is 1.84. The van der Waals surface area contributed by atoms with Gasteiger partial charge in [-0.25, -0.2) is 0 Å². The molecule has 0 unspecified atom stereocenters. The van der Waals surface area contributed by atoms with Crippen molar-refractivity contribution < 1.29 is 46.3 Å². The Morgan fingerprint density at radius 3 is 2.43 bits per heavy atom. The van der Waals surface area contributed by atoms with E-state index in [4.69, 9.17) is 0 Å². The summed E-state index contributed by atoms with van der Waals surface area (Å²) in [7, 11) is 0. The second-order valence-corrected chi connectivity index (χ2v) is 2.75. The molecule has 1 saturated heterocycles. The Morgan fingerprint density at radius 2 is 1.93 bits per heavy atom. The van der Waals surface area contributed by atoms with Crippen molar-refractivity contribution in [3.63, 3.8) is 0 Å². The number of piperazine rings is 1. The van der Waals surface area contributed by atoms with Crippen LogP contribution in [0.3, 0.4) is 0 Å². The first kappa shape index (κ1) is 14.1. The summed E-state index contributed by atoms with van der Waals surface area (Å²) in [6.45, 7) is 2.35. The molecule has 1 aliphatic rings. The summed E-state index contributed by atoms with van der Waals surface area (Å²) >= 11 is 0. The minimum atomic E-state index is -1.80. The molecule has 1 fully saturated rings. The Hall–Kier alpha value is 0.134. The van der Waals surface area contributed by atoms with Gasteiger partial charge in [0.25, 0.3) is 6.08 Å². The molecule has 0 atom stereocenters. The predicted molar refractivity (Wildman–Crippen MR) is 44.6 cm³/mol. The minimum Gasteiger partial charge on any atom is -0.659 e. The SMILES string of the molecule is O=C(CC=C(F)F)N1CC[N-]CC1.[Y+3]. The van der Waals surface area contributed by atoms with Gasteiger partial charge in [0.1, 0.15) is 0 Å². The van der Waals surface area contributed by atoms with Crippen LogP contribution in [0.5, 0.6) is 0 Å². The first-order valence-corrected chi connectivity index (χ1v) is 4.12. The van der Waals surface area contributed by atoms with Gasteiger partial charge in [-0.3, -0.25) is 4.79 Å². The second-order valence-electron chi connectivity index (χ2n) is 2.75. The number of carbonyl (C=O) groups excluding carboxylic acids is 1. The van der Waals surface area contributed by atoms with Crippen LogP contribution in [0, 0.1) is 0 Å². The Labute approximate surface area is 107 Å². The van der Waals surface area contributed by atoms with Gasteiger partial charge in [0.05, 0.1) is 6.42 Å². The summed E-state index contributed by atoms with van der Waals surface area (Å²) in [6, 6.07) is 0. The first-order chi connectivity index (χ1) is 6.20. The van der Waals surface area contributed by atoms with Gasteiger partial charge in [0.2, 0.25) is 5.91 Å². The van der Waals surface area contributed by atoms with Crippen LogP contribution in [-0.4, -0.2) is 37.0 Å². The van der Waals surface area contributed by atoms with Crippen LogP contribution < -0.4 is 0 Å². The average molecular weight is 278 g/mol. The Bertz CT molecular complexity index is 213. The summed E-state index contributed by atoms with van der Waals surface area (Å²) < 4.78 is 23.3. The Balaban J connectivity index is 0.00000169. The molecule has 1 aliphatic heterocycles. The van der Waals surface area contributed by atoms with Crippen LogP contribution in [0.4, 0.5) is 8.78 Å². The molecule has 0 saturated carbocycles. The quantitative estimate of drug-likeness (QED) is 0.751. The monoisotopic (exact) mass is 278 g/mol. The molecule has 0 aromatic rings. The fourth-order valence-electron chi connectivity index (χ4n) is 1.15. The van der Waals surface area contributed by atoms with Gasteiger partial charge in [0, 0.05) is 13.1 Å². The molecular weight excluding hydrogens is 267 g/mol. The minimum absolute atomic E-state index is 0. The average Bonchev–Trinajstić information content (AvgIpc) is 2.15. The number of nitrogens with zero attached hydrogens (tertiary/aromatic N) is 2. The number of hydrogen-bond donors (Lipinski definition) is 0. The smallest absolute Gasteiger partial charge is 0.659 e. The van der Waals surface area contributed by atoms with Gasteiger partial charge < -0.3 is 10.2 Å². The largest absolute Gasteiger partial charge is 3.00 e. The van der Waals surface area contributed by atoms with Crippen molar-refractivity contribution in [2.75, 3.05) is 26.2 Å². The zero-order chi connectivity index (χ0) is 9.68. The maximum absolute atomic E-state index is 11.6. The molecule has 6 heteroatoms. The van der Waals surface area contributed by atoms with Crippen molar-refractivity contribution in [1.82, 2.24) is 4.90 Å². The molecule has 0 aromatic carbocycles. The molecule has 0 N–H and O–H groups in total. The van der Waals surface area contributed by atoms with E-state index in [0.717, 1.165) is 0 Å². The topological polar surface area (TPSA) is 34.4 Å². The molecular formula is C8H11F2N2OY+2. The third kappa shape index (κ3) is 5.12.